The molecule has 8 heteroatoms. The van der Waals surface area contributed by atoms with Crippen molar-refractivity contribution in [1.82, 2.24) is 9.97 Å². The van der Waals surface area contributed by atoms with Gasteiger partial charge in [-0.3, -0.25) is 9.78 Å². The predicted molar refractivity (Wildman–Crippen MR) is 95.2 cm³/mol. The number of benzene rings is 1. The van der Waals surface area contributed by atoms with Crippen molar-refractivity contribution < 1.29 is 18.0 Å². The van der Waals surface area contributed by atoms with E-state index in [2.05, 4.69) is 20.6 Å². The molecule has 5 nitrogen and oxygen atoms in total. The maximum atomic E-state index is 12.7. The topological polar surface area (TPSA) is 66.9 Å². The molecule has 0 fully saturated rings. The molecule has 3 aromatic rings. The molecule has 1 aromatic carbocycles. The minimum atomic E-state index is -4.47. The summed E-state index contributed by atoms with van der Waals surface area (Å²) in [5.41, 5.74) is 1.01. The molecular weight excluding hydrogens is 357 g/mol. The lowest BCUT2D eigenvalue weighted by Gasteiger charge is -2.10. The van der Waals surface area contributed by atoms with Gasteiger partial charge in [0, 0.05) is 24.6 Å². The van der Waals surface area contributed by atoms with Crippen LogP contribution in [0.25, 0.3) is 0 Å². The smallest absolute Gasteiger partial charge is 0.380 e. The second-order valence-electron chi connectivity index (χ2n) is 5.68. The third-order valence-corrected chi connectivity index (χ3v) is 3.66. The van der Waals surface area contributed by atoms with Crippen LogP contribution in [0.2, 0.25) is 0 Å². The Balaban J connectivity index is 1.62. The maximum absolute atomic E-state index is 12.7. The van der Waals surface area contributed by atoms with Gasteiger partial charge in [0.15, 0.2) is 0 Å². The molecule has 27 heavy (non-hydrogen) atoms. The van der Waals surface area contributed by atoms with E-state index in [9.17, 15) is 18.0 Å². The fourth-order valence-electron chi connectivity index (χ4n) is 2.31. The van der Waals surface area contributed by atoms with Crippen molar-refractivity contribution in [1.29, 1.82) is 0 Å². The van der Waals surface area contributed by atoms with Gasteiger partial charge in [0.2, 0.25) is 0 Å². The Kier molecular flexibility index (Phi) is 5.35. The summed E-state index contributed by atoms with van der Waals surface area (Å²) in [6.07, 6.45) is 0.429. The minimum absolute atomic E-state index is 0.0513. The van der Waals surface area contributed by atoms with E-state index in [1.165, 1.54) is 24.4 Å². The van der Waals surface area contributed by atoms with Crippen LogP contribution in [0.3, 0.4) is 0 Å². The molecule has 0 saturated carbocycles. The van der Waals surface area contributed by atoms with Gasteiger partial charge in [-0.1, -0.05) is 12.1 Å². The Morgan fingerprint density at radius 3 is 2.52 bits per heavy atom. The Morgan fingerprint density at radius 2 is 1.85 bits per heavy atom. The van der Waals surface area contributed by atoms with E-state index in [1.54, 1.807) is 18.5 Å². The van der Waals surface area contributed by atoms with Crippen LogP contribution in [0.4, 0.5) is 24.5 Å². The number of amides is 1. The average Bonchev–Trinajstić information content (AvgIpc) is 2.67. The number of anilines is 2. The van der Waals surface area contributed by atoms with Gasteiger partial charge in [-0.2, -0.15) is 13.2 Å². The number of pyridine rings is 2. The van der Waals surface area contributed by atoms with Crippen LogP contribution in [-0.2, 0) is 12.7 Å². The third-order valence-electron chi connectivity index (χ3n) is 3.66. The molecule has 2 aromatic heterocycles. The van der Waals surface area contributed by atoms with Gasteiger partial charge in [0.25, 0.3) is 5.91 Å². The number of hydrogen-bond donors (Lipinski definition) is 2. The van der Waals surface area contributed by atoms with Gasteiger partial charge >= 0.3 is 6.18 Å². The monoisotopic (exact) mass is 372 g/mol. The zero-order chi connectivity index (χ0) is 19.3. The zero-order valence-corrected chi connectivity index (χ0v) is 14.0. The fourth-order valence-corrected chi connectivity index (χ4v) is 2.31. The number of halogens is 3. The molecular formula is C19H15F3N4O. The summed E-state index contributed by atoms with van der Waals surface area (Å²) < 4.78 is 38.2. The number of alkyl halides is 3. The van der Waals surface area contributed by atoms with Crippen molar-refractivity contribution in [2.24, 2.45) is 0 Å². The third kappa shape index (κ3) is 5.04. The molecule has 2 heterocycles. The molecule has 0 saturated heterocycles. The molecule has 0 aliphatic carbocycles. The van der Waals surface area contributed by atoms with Crippen molar-refractivity contribution >= 4 is 17.3 Å². The SMILES string of the molecule is O=C(Nc1cccc(C(F)(F)F)c1)c1ccc(NCc2cccnc2)cn1. The number of carbonyl (C=O) groups excluding carboxylic acids is 1. The van der Waals surface area contributed by atoms with Crippen molar-refractivity contribution in [2.45, 2.75) is 12.7 Å². The number of nitrogens with one attached hydrogen (secondary N) is 2. The van der Waals surface area contributed by atoms with Gasteiger partial charge in [0.05, 0.1) is 17.4 Å². The van der Waals surface area contributed by atoms with Crippen molar-refractivity contribution in [3.05, 3.63) is 83.9 Å². The van der Waals surface area contributed by atoms with Gasteiger partial charge in [-0.15, -0.1) is 0 Å². The molecule has 0 bridgehead atoms. The van der Waals surface area contributed by atoms with Gasteiger partial charge < -0.3 is 10.6 Å². The highest BCUT2D eigenvalue weighted by molar-refractivity contribution is 6.03. The lowest BCUT2D eigenvalue weighted by atomic mass is 10.2. The Morgan fingerprint density at radius 1 is 1.00 bits per heavy atom. The Hall–Kier alpha value is -3.42. The second-order valence-corrected chi connectivity index (χ2v) is 5.68. The summed E-state index contributed by atoms with van der Waals surface area (Å²) in [6, 6.07) is 11.4. The van der Waals surface area contributed by atoms with Crippen molar-refractivity contribution in [3.63, 3.8) is 0 Å². The first kappa shape index (κ1) is 18.4. The normalized spacial score (nSPS) is 11.1. The molecule has 2 N–H and O–H groups in total. The van der Waals surface area contributed by atoms with Crippen LogP contribution in [0.1, 0.15) is 21.6 Å². The first-order valence-corrected chi connectivity index (χ1v) is 7.99. The van der Waals surface area contributed by atoms with E-state index in [-0.39, 0.29) is 11.4 Å². The fraction of sp³-hybridized carbons (Fsp3) is 0.105. The van der Waals surface area contributed by atoms with Crippen LogP contribution in [-0.4, -0.2) is 15.9 Å². The van der Waals surface area contributed by atoms with Crippen LogP contribution >= 0.6 is 0 Å². The Labute approximate surface area is 153 Å². The number of nitrogens with zero attached hydrogens (tertiary/aromatic N) is 2. The summed E-state index contributed by atoms with van der Waals surface area (Å²) in [5.74, 6) is -0.590. The van der Waals surface area contributed by atoms with Gasteiger partial charge in [-0.05, 0) is 42.0 Å². The van der Waals surface area contributed by atoms with Crippen LogP contribution < -0.4 is 10.6 Å². The van der Waals surface area contributed by atoms with Crippen molar-refractivity contribution in [3.8, 4) is 0 Å². The standard InChI is InChI=1S/C19H15F3N4O/c20-19(21,22)14-4-1-5-15(9-14)26-18(27)17-7-6-16(12-25-17)24-11-13-3-2-8-23-10-13/h1-10,12,24H,11H2,(H,26,27). The maximum Gasteiger partial charge on any atom is 0.416 e. The van der Waals surface area contributed by atoms with E-state index in [4.69, 9.17) is 0 Å². The largest absolute Gasteiger partial charge is 0.416 e. The molecule has 1 amide bonds. The van der Waals surface area contributed by atoms with Crippen LogP contribution in [0, 0.1) is 0 Å². The first-order chi connectivity index (χ1) is 12.9. The summed E-state index contributed by atoms with van der Waals surface area (Å²) in [6.45, 7) is 0.547. The first-order valence-electron chi connectivity index (χ1n) is 7.99. The summed E-state index contributed by atoms with van der Waals surface area (Å²) in [5, 5.41) is 5.56. The van der Waals surface area contributed by atoms with E-state index in [0.717, 1.165) is 17.7 Å². The highest BCUT2D eigenvalue weighted by atomic mass is 19.4. The molecule has 3 rings (SSSR count). The second kappa shape index (κ2) is 7.86. The highest BCUT2D eigenvalue weighted by Gasteiger charge is 2.30. The quantitative estimate of drug-likeness (QED) is 0.698. The van der Waals surface area contributed by atoms with E-state index in [0.29, 0.717) is 12.2 Å². The molecule has 138 valence electrons. The lowest BCUT2D eigenvalue weighted by Crippen LogP contribution is -2.14. The molecule has 0 spiro atoms. The lowest BCUT2D eigenvalue weighted by molar-refractivity contribution is -0.137. The summed E-state index contributed by atoms with van der Waals surface area (Å²) in [4.78, 5) is 20.2. The molecule has 0 atom stereocenters. The number of aromatic nitrogens is 2. The van der Waals surface area contributed by atoms with E-state index >= 15 is 0 Å². The minimum Gasteiger partial charge on any atom is -0.380 e. The van der Waals surface area contributed by atoms with E-state index in [1.807, 2.05) is 12.1 Å². The average molecular weight is 372 g/mol. The van der Waals surface area contributed by atoms with E-state index < -0.39 is 17.6 Å². The number of hydrogen-bond acceptors (Lipinski definition) is 4. The molecule has 0 aliphatic rings. The number of rotatable bonds is 5. The van der Waals surface area contributed by atoms with Crippen LogP contribution in [0.15, 0.2) is 67.1 Å². The Bertz CT molecular complexity index is 912. The number of carbonyl (C=O) groups is 1. The van der Waals surface area contributed by atoms with Gasteiger partial charge in [-0.25, -0.2) is 4.98 Å². The van der Waals surface area contributed by atoms with Crippen LogP contribution in [0.5, 0.6) is 0 Å². The summed E-state index contributed by atoms with van der Waals surface area (Å²) in [7, 11) is 0. The highest BCUT2D eigenvalue weighted by Crippen LogP contribution is 2.30. The zero-order valence-electron chi connectivity index (χ0n) is 14.0. The molecule has 0 aliphatic heterocycles. The molecule has 0 radical (unpaired) electrons. The van der Waals surface area contributed by atoms with Gasteiger partial charge in [0.1, 0.15) is 5.69 Å². The van der Waals surface area contributed by atoms with Crippen molar-refractivity contribution in [2.75, 3.05) is 10.6 Å². The molecule has 0 unspecified atom stereocenters. The predicted octanol–water partition coefficient (Wildman–Crippen LogP) is 4.36. The summed E-state index contributed by atoms with van der Waals surface area (Å²) >= 11 is 0.